The highest BCUT2D eigenvalue weighted by Gasteiger charge is 2.25. The summed E-state index contributed by atoms with van der Waals surface area (Å²) in [5, 5.41) is 3.38. The zero-order valence-electron chi connectivity index (χ0n) is 10.4. The van der Waals surface area contributed by atoms with Crippen LogP contribution in [0.25, 0.3) is 0 Å². The van der Waals surface area contributed by atoms with E-state index in [0.29, 0.717) is 11.8 Å². The molecule has 1 aliphatic carbocycles. The molecule has 4 heteroatoms. The van der Waals surface area contributed by atoms with E-state index in [1.807, 2.05) is 12.1 Å². The predicted molar refractivity (Wildman–Crippen MR) is 69.2 cm³/mol. The summed E-state index contributed by atoms with van der Waals surface area (Å²) < 4.78 is 5.26. The molecule has 1 saturated carbocycles. The summed E-state index contributed by atoms with van der Waals surface area (Å²) in [6, 6.07) is 3.80. The lowest BCUT2D eigenvalue weighted by Gasteiger charge is -2.19. The van der Waals surface area contributed by atoms with E-state index in [0.717, 1.165) is 24.7 Å². The van der Waals surface area contributed by atoms with Crippen LogP contribution in [0, 0.1) is 11.8 Å². The van der Waals surface area contributed by atoms with Gasteiger partial charge < -0.3 is 15.8 Å². The van der Waals surface area contributed by atoms with Crippen LogP contribution in [-0.2, 0) is 0 Å². The highest BCUT2D eigenvalue weighted by molar-refractivity contribution is 5.49. The van der Waals surface area contributed by atoms with Crippen LogP contribution < -0.4 is 15.8 Å². The van der Waals surface area contributed by atoms with Crippen molar-refractivity contribution in [1.82, 2.24) is 4.98 Å². The van der Waals surface area contributed by atoms with Gasteiger partial charge in [-0.3, -0.25) is 0 Å². The first-order valence-corrected chi connectivity index (χ1v) is 6.28. The van der Waals surface area contributed by atoms with Crippen molar-refractivity contribution in [2.75, 3.05) is 25.5 Å². The molecular formula is C13H21N3O. The molecule has 94 valence electrons. The van der Waals surface area contributed by atoms with Crippen molar-refractivity contribution in [3.63, 3.8) is 0 Å². The molecule has 3 N–H and O–H groups in total. The van der Waals surface area contributed by atoms with E-state index in [9.17, 15) is 0 Å². The van der Waals surface area contributed by atoms with Crippen molar-refractivity contribution < 1.29 is 4.74 Å². The lowest BCUT2D eigenvalue weighted by atomic mass is 9.96. The number of nitrogens with zero attached hydrogens (tertiary/aromatic N) is 1. The summed E-state index contributed by atoms with van der Waals surface area (Å²) in [4.78, 5) is 4.29. The van der Waals surface area contributed by atoms with Crippen LogP contribution >= 0.6 is 0 Å². The van der Waals surface area contributed by atoms with Crippen LogP contribution in [0.5, 0.6) is 5.75 Å². The summed E-state index contributed by atoms with van der Waals surface area (Å²) in [5.41, 5.74) is 5.78. The van der Waals surface area contributed by atoms with Crippen LogP contribution in [0.3, 0.4) is 0 Å². The molecule has 2 rings (SSSR count). The molecule has 0 radical (unpaired) electrons. The van der Waals surface area contributed by atoms with Gasteiger partial charge in [-0.25, -0.2) is 4.98 Å². The van der Waals surface area contributed by atoms with Crippen molar-refractivity contribution in [2.24, 2.45) is 17.6 Å². The molecule has 1 heterocycles. The predicted octanol–water partition coefficient (Wildman–Crippen LogP) is 1.88. The zero-order chi connectivity index (χ0) is 12.1. The van der Waals surface area contributed by atoms with E-state index in [4.69, 9.17) is 10.5 Å². The van der Waals surface area contributed by atoms with E-state index in [1.54, 1.807) is 13.3 Å². The molecule has 4 nitrogen and oxygen atoms in total. The molecular weight excluding hydrogens is 214 g/mol. The molecule has 1 aliphatic rings. The van der Waals surface area contributed by atoms with Gasteiger partial charge in [0, 0.05) is 12.7 Å². The fourth-order valence-corrected chi connectivity index (χ4v) is 2.61. The number of nitrogens with two attached hydrogens (primary N) is 1. The van der Waals surface area contributed by atoms with E-state index in [2.05, 4.69) is 10.3 Å². The lowest BCUT2D eigenvalue weighted by Crippen LogP contribution is -2.24. The Hall–Kier alpha value is -1.29. The minimum atomic E-state index is 0.664. The van der Waals surface area contributed by atoms with Crippen molar-refractivity contribution in [1.29, 1.82) is 0 Å². The SMILES string of the molecule is COc1cccnc1NCC1CCCC1CN. The number of hydrogen-bond donors (Lipinski definition) is 2. The largest absolute Gasteiger partial charge is 0.493 e. The topological polar surface area (TPSA) is 60.2 Å². The number of ether oxygens (including phenoxy) is 1. The Morgan fingerprint density at radius 2 is 2.29 bits per heavy atom. The summed E-state index contributed by atoms with van der Waals surface area (Å²) in [6.45, 7) is 1.74. The molecule has 1 aromatic rings. The number of aromatic nitrogens is 1. The van der Waals surface area contributed by atoms with Crippen molar-refractivity contribution >= 4 is 5.82 Å². The van der Waals surface area contributed by atoms with Crippen LogP contribution in [0.15, 0.2) is 18.3 Å². The minimum absolute atomic E-state index is 0.664. The third kappa shape index (κ3) is 2.88. The van der Waals surface area contributed by atoms with E-state index in [1.165, 1.54) is 19.3 Å². The maximum atomic E-state index is 5.78. The molecule has 0 bridgehead atoms. The number of methoxy groups -OCH3 is 1. The lowest BCUT2D eigenvalue weighted by molar-refractivity contribution is 0.405. The monoisotopic (exact) mass is 235 g/mol. The Kier molecular flexibility index (Phi) is 4.20. The van der Waals surface area contributed by atoms with Gasteiger partial charge in [-0.15, -0.1) is 0 Å². The fourth-order valence-electron chi connectivity index (χ4n) is 2.61. The Balaban J connectivity index is 1.93. The maximum Gasteiger partial charge on any atom is 0.168 e. The second kappa shape index (κ2) is 5.87. The third-order valence-electron chi connectivity index (χ3n) is 3.64. The fraction of sp³-hybridized carbons (Fsp3) is 0.615. The second-order valence-corrected chi connectivity index (χ2v) is 4.62. The average molecular weight is 235 g/mol. The third-order valence-corrected chi connectivity index (χ3v) is 3.64. The molecule has 0 spiro atoms. The minimum Gasteiger partial charge on any atom is -0.493 e. The van der Waals surface area contributed by atoms with E-state index >= 15 is 0 Å². The Bertz CT molecular complexity index is 356. The normalized spacial score (nSPS) is 23.6. The molecule has 2 unspecified atom stereocenters. The van der Waals surface area contributed by atoms with Crippen LogP contribution in [0.4, 0.5) is 5.82 Å². The molecule has 0 saturated heterocycles. The summed E-state index contributed by atoms with van der Waals surface area (Å²) >= 11 is 0. The van der Waals surface area contributed by atoms with Crippen LogP contribution in [0.1, 0.15) is 19.3 Å². The van der Waals surface area contributed by atoms with E-state index < -0.39 is 0 Å². The Morgan fingerprint density at radius 3 is 3.06 bits per heavy atom. The van der Waals surface area contributed by atoms with Gasteiger partial charge in [0.1, 0.15) is 0 Å². The van der Waals surface area contributed by atoms with Crippen LogP contribution in [0.2, 0.25) is 0 Å². The van der Waals surface area contributed by atoms with Crippen molar-refractivity contribution in [3.05, 3.63) is 18.3 Å². The number of anilines is 1. The van der Waals surface area contributed by atoms with Gasteiger partial charge >= 0.3 is 0 Å². The maximum absolute atomic E-state index is 5.78. The Labute approximate surface area is 103 Å². The number of nitrogens with one attached hydrogen (secondary N) is 1. The standard InChI is InChI=1S/C13H21N3O/c1-17-12-6-3-7-15-13(12)16-9-11-5-2-4-10(11)8-14/h3,6-7,10-11H,2,4-5,8-9,14H2,1H3,(H,15,16). The first-order chi connectivity index (χ1) is 8.35. The van der Waals surface area contributed by atoms with Gasteiger partial charge in [0.2, 0.25) is 0 Å². The second-order valence-electron chi connectivity index (χ2n) is 4.62. The molecule has 0 aromatic carbocycles. The summed E-state index contributed by atoms with van der Waals surface area (Å²) in [6.07, 6.45) is 5.61. The molecule has 0 aliphatic heterocycles. The zero-order valence-corrected chi connectivity index (χ0v) is 10.4. The van der Waals surface area contributed by atoms with Crippen molar-refractivity contribution in [3.8, 4) is 5.75 Å². The highest BCUT2D eigenvalue weighted by atomic mass is 16.5. The first kappa shape index (κ1) is 12.2. The van der Waals surface area contributed by atoms with Gasteiger partial charge in [0.25, 0.3) is 0 Å². The molecule has 1 fully saturated rings. The highest BCUT2D eigenvalue weighted by Crippen LogP contribution is 2.31. The van der Waals surface area contributed by atoms with Gasteiger partial charge in [-0.05, 0) is 43.4 Å². The van der Waals surface area contributed by atoms with E-state index in [-0.39, 0.29) is 0 Å². The summed E-state index contributed by atoms with van der Waals surface area (Å²) in [7, 11) is 1.67. The average Bonchev–Trinajstić information content (AvgIpc) is 2.84. The smallest absolute Gasteiger partial charge is 0.168 e. The van der Waals surface area contributed by atoms with Gasteiger partial charge in [-0.1, -0.05) is 6.42 Å². The van der Waals surface area contributed by atoms with Gasteiger partial charge in [0.15, 0.2) is 11.6 Å². The molecule has 0 amide bonds. The number of hydrogen-bond acceptors (Lipinski definition) is 4. The number of pyridine rings is 1. The Morgan fingerprint density at radius 1 is 1.47 bits per heavy atom. The van der Waals surface area contributed by atoms with Gasteiger partial charge in [0.05, 0.1) is 7.11 Å². The van der Waals surface area contributed by atoms with Crippen molar-refractivity contribution in [2.45, 2.75) is 19.3 Å². The first-order valence-electron chi connectivity index (χ1n) is 6.28. The van der Waals surface area contributed by atoms with Crippen LogP contribution in [-0.4, -0.2) is 25.2 Å². The number of rotatable bonds is 5. The molecule has 17 heavy (non-hydrogen) atoms. The quantitative estimate of drug-likeness (QED) is 0.818. The molecule has 1 aromatic heterocycles. The molecule has 2 atom stereocenters. The van der Waals surface area contributed by atoms with Gasteiger partial charge in [-0.2, -0.15) is 0 Å². The summed E-state index contributed by atoms with van der Waals surface area (Å²) in [5.74, 6) is 2.97.